The lowest BCUT2D eigenvalue weighted by Crippen LogP contribution is -1.98. The van der Waals surface area contributed by atoms with Gasteiger partial charge in [-0.25, -0.2) is 0 Å². The van der Waals surface area contributed by atoms with Crippen LogP contribution in [-0.2, 0) is 4.79 Å². The molecule has 0 aliphatic carbocycles. The molecule has 0 N–H and O–H groups in total. The fraction of sp³-hybridized carbons (Fsp3) is 0.625. The lowest BCUT2D eigenvalue weighted by atomic mass is 10.0. The second kappa shape index (κ2) is 5.54. The molecule has 1 radical (unpaired) electrons. The van der Waals surface area contributed by atoms with Gasteiger partial charge in [-0.3, -0.25) is 4.79 Å². The molecule has 0 aliphatic heterocycles. The average molecular weight is 125 g/mol. The zero-order chi connectivity index (χ0) is 7.11. The molecule has 0 rings (SSSR count). The molecule has 0 aliphatic rings. The minimum atomic E-state index is 0.0903. The highest BCUT2D eigenvalue weighted by Gasteiger charge is 2.02. The number of hydrogen-bond acceptors (Lipinski definition) is 1. The van der Waals surface area contributed by atoms with Crippen LogP contribution in [0.3, 0.4) is 0 Å². The van der Waals surface area contributed by atoms with Crippen molar-refractivity contribution in [2.24, 2.45) is 5.92 Å². The molecule has 1 nitrogen and oxygen atoms in total. The Morgan fingerprint density at radius 2 is 2.44 bits per heavy atom. The van der Waals surface area contributed by atoms with Crippen LogP contribution in [0.2, 0.25) is 0 Å². The van der Waals surface area contributed by atoms with Crippen LogP contribution in [0, 0.1) is 5.92 Å². The number of hydrogen-bond donors (Lipinski definition) is 0. The lowest BCUT2D eigenvalue weighted by molar-refractivity contribution is 0.505. The van der Waals surface area contributed by atoms with Crippen molar-refractivity contribution >= 4 is 6.29 Å². The molecule has 9 heavy (non-hydrogen) atoms. The van der Waals surface area contributed by atoms with Gasteiger partial charge in [-0.05, 0) is 12.8 Å². The molecule has 0 bridgehead atoms. The van der Waals surface area contributed by atoms with Crippen molar-refractivity contribution in [3.8, 4) is 0 Å². The van der Waals surface area contributed by atoms with Gasteiger partial charge >= 0.3 is 0 Å². The lowest BCUT2D eigenvalue weighted by Gasteiger charge is -2.01. The van der Waals surface area contributed by atoms with Crippen LogP contribution < -0.4 is 0 Å². The summed E-state index contributed by atoms with van der Waals surface area (Å²) in [5.41, 5.74) is 0. The molecule has 0 saturated heterocycles. The monoisotopic (exact) mass is 125 g/mol. The summed E-state index contributed by atoms with van der Waals surface area (Å²) < 4.78 is 0. The summed E-state index contributed by atoms with van der Waals surface area (Å²) in [6.45, 7) is 5.61. The third-order valence-electron chi connectivity index (χ3n) is 1.25. The van der Waals surface area contributed by atoms with Gasteiger partial charge in [0.05, 0.1) is 0 Å². The van der Waals surface area contributed by atoms with Crippen LogP contribution in [0.5, 0.6) is 0 Å². The summed E-state index contributed by atoms with van der Waals surface area (Å²) in [7, 11) is 0. The van der Waals surface area contributed by atoms with E-state index in [9.17, 15) is 4.79 Å². The summed E-state index contributed by atoms with van der Waals surface area (Å²) in [5.74, 6) is 0.0903. The Morgan fingerprint density at radius 1 is 1.78 bits per heavy atom. The zero-order valence-electron chi connectivity index (χ0n) is 5.89. The van der Waals surface area contributed by atoms with Crippen LogP contribution in [0.4, 0.5) is 0 Å². The SMILES string of the molecule is C=CCC([C]=O)CCC. The van der Waals surface area contributed by atoms with Crippen LogP contribution in [0.1, 0.15) is 26.2 Å². The molecule has 0 spiro atoms. The van der Waals surface area contributed by atoms with E-state index in [0.29, 0.717) is 0 Å². The zero-order valence-corrected chi connectivity index (χ0v) is 5.89. The van der Waals surface area contributed by atoms with E-state index in [1.54, 1.807) is 6.08 Å². The highest BCUT2D eigenvalue weighted by atomic mass is 16.1. The Bertz CT molecular complexity index is 86.6. The second-order valence-electron chi connectivity index (χ2n) is 2.13. The van der Waals surface area contributed by atoms with Gasteiger partial charge in [-0.2, -0.15) is 0 Å². The topological polar surface area (TPSA) is 17.1 Å². The van der Waals surface area contributed by atoms with Gasteiger partial charge < -0.3 is 0 Å². The van der Waals surface area contributed by atoms with E-state index in [0.717, 1.165) is 19.3 Å². The molecule has 0 heterocycles. The van der Waals surface area contributed by atoms with Gasteiger partial charge in [0.2, 0.25) is 6.29 Å². The van der Waals surface area contributed by atoms with Gasteiger partial charge in [0.1, 0.15) is 0 Å². The first kappa shape index (κ1) is 8.41. The van der Waals surface area contributed by atoms with Crippen molar-refractivity contribution in [2.75, 3.05) is 0 Å². The molecule has 0 amide bonds. The number of rotatable bonds is 5. The van der Waals surface area contributed by atoms with E-state index < -0.39 is 0 Å². The van der Waals surface area contributed by atoms with E-state index in [1.807, 2.05) is 6.29 Å². The quantitative estimate of drug-likeness (QED) is 0.514. The summed E-state index contributed by atoms with van der Waals surface area (Å²) in [6, 6.07) is 0. The molecular formula is C8H13O. The minimum Gasteiger partial charge on any atom is -0.291 e. The van der Waals surface area contributed by atoms with E-state index >= 15 is 0 Å². The van der Waals surface area contributed by atoms with E-state index in [1.165, 1.54) is 0 Å². The Morgan fingerprint density at radius 3 is 2.78 bits per heavy atom. The number of carbonyl (C=O) groups excluding carboxylic acids is 1. The predicted molar refractivity (Wildman–Crippen MR) is 38.9 cm³/mol. The molecular weight excluding hydrogens is 112 g/mol. The predicted octanol–water partition coefficient (Wildman–Crippen LogP) is 2.09. The molecule has 0 fully saturated rings. The Labute approximate surface area is 56.8 Å². The molecule has 1 heteroatoms. The summed E-state index contributed by atoms with van der Waals surface area (Å²) in [4.78, 5) is 10.1. The normalized spacial score (nSPS) is 12.6. The first-order valence-electron chi connectivity index (χ1n) is 3.33. The maximum Gasteiger partial charge on any atom is 0.202 e. The second-order valence-corrected chi connectivity index (χ2v) is 2.13. The highest BCUT2D eigenvalue weighted by Crippen LogP contribution is 2.07. The van der Waals surface area contributed by atoms with Crippen molar-refractivity contribution in [1.82, 2.24) is 0 Å². The third-order valence-corrected chi connectivity index (χ3v) is 1.25. The van der Waals surface area contributed by atoms with Gasteiger partial charge in [0.25, 0.3) is 0 Å². The van der Waals surface area contributed by atoms with Crippen molar-refractivity contribution in [3.05, 3.63) is 12.7 Å². The highest BCUT2D eigenvalue weighted by molar-refractivity contribution is 5.54. The van der Waals surface area contributed by atoms with Crippen molar-refractivity contribution in [3.63, 3.8) is 0 Å². The van der Waals surface area contributed by atoms with E-state index in [-0.39, 0.29) is 5.92 Å². The number of allylic oxidation sites excluding steroid dienone is 1. The largest absolute Gasteiger partial charge is 0.291 e. The summed E-state index contributed by atoms with van der Waals surface area (Å²) >= 11 is 0. The summed E-state index contributed by atoms with van der Waals surface area (Å²) in [5, 5.41) is 0. The first-order chi connectivity index (χ1) is 4.35. The van der Waals surface area contributed by atoms with Gasteiger partial charge in [-0.1, -0.05) is 19.4 Å². The van der Waals surface area contributed by atoms with Crippen LogP contribution in [-0.4, -0.2) is 6.29 Å². The summed E-state index contributed by atoms with van der Waals surface area (Å²) in [6.07, 6.45) is 6.52. The van der Waals surface area contributed by atoms with Crippen molar-refractivity contribution in [1.29, 1.82) is 0 Å². The molecule has 0 aromatic heterocycles. The Hall–Kier alpha value is -0.590. The standard InChI is InChI=1S/C8H13O/c1-3-5-8(7-9)6-4-2/h3,8H,1,4-6H2,2H3. The van der Waals surface area contributed by atoms with Crippen LogP contribution >= 0.6 is 0 Å². The molecule has 0 saturated carbocycles. The van der Waals surface area contributed by atoms with Crippen molar-refractivity contribution < 1.29 is 4.79 Å². The van der Waals surface area contributed by atoms with Gasteiger partial charge in [0.15, 0.2) is 0 Å². The van der Waals surface area contributed by atoms with Gasteiger partial charge in [0, 0.05) is 5.92 Å². The van der Waals surface area contributed by atoms with Crippen molar-refractivity contribution in [2.45, 2.75) is 26.2 Å². The van der Waals surface area contributed by atoms with E-state index in [2.05, 4.69) is 13.5 Å². The Kier molecular flexibility index (Phi) is 5.18. The third kappa shape index (κ3) is 3.95. The van der Waals surface area contributed by atoms with Crippen LogP contribution in [0.15, 0.2) is 12.7 Å². The Balaban J connectivity index is 3.40. The fourth-order valence-corrected chi connectivity index (χ4v) is 0.775. The molecule has 51 valence electrons. The van der Waals surface area contributed by atoms with Crippen LogP contribution in [0.25, 0.3) is 0 Å². The molecule has 1 atom stereocenters. The molecule has 0 aromatic carbocycles. The minimum absolute atomic E-state index is 0.0903. The molecule has 1 unspecified atom stereocenters. The average Bonchev–Trinajstić information content (AvgIpc) is 1.88. The first-order valence-corrected chi connectivity index (χ1v) is 3.33. The van der Waals surface area contributed by atoms with Gasteiger partial charge in [-0.15, -0.1) is 6.58 Å². The molecule has 0 aromatic rings. The fourth-order valence-electron chi connectivity index (χ4n) is 0.775. The maximum atomic E-state index is 10.1. The maximum absolute atomic E-state index is 10.1. The van der Waals surface area contributed by atoms with E-state index in [4.69, 9.17) is 0 Å². The smallest absolute Gasteiger partial charge is 0.202 e.